The second kappa shape index (κ2) is 5.56. The van der Waals surface area contributed by atoms with Gasteiger partial charge in [-0.25, -0.2) is 4.68 Å². The molecule has 2 aromatic heterocycles. The summed E-state index contributed by atoms with van der Waals surface area (Å²) in [5.74, 6) is 0. The fourth-order valence-corrected chi connectivity index (χ4v) is 4.51. The average molecular weight is 310 g/mol. The maximum Gasteiger partial charge on any atom is 0.179 e. The quantitative estimate of drug-likeness (QED) is 0.869. The summed E-state index contributed by atoms with van der Waals surface area (Å²) < 4.78 is 5.27. The van der Waals surface area contributed by atoms with Crippen molar-refractivity contribution < 1.29 is 0 Å². The molecule has 0 aromatic carbocycles. The highest BCUT2D eigenvalue weighted by molar-refractivity contribution is 7.99. The Morgan fingerprint density at radius 2 is 2.25 bits per heavy atom. The van der Waals surface area contributed by atoms with Gasteiger partial charge >= 0.3 is 0 Å². The van der Waals surface area contributed by atoms with Crippen LogP contribution in [0.3, 0.4) is 0 Å². The molecule has 4 nitrogen and oxygen atoms in total. The number of fused-ring (bicyclic) bond motifs is 1. The molecule has 2 atom stereocenters. The van der Waals surface area contributed by atoms with E-state index in [4.69, 9.17) is 12.2 Å². The summed E-state index contributed by atoms with van der Waals surface area (Å²) in [4.78, 5) is 3.37. The Kier molecular flexibility index (Phi) is 3.95. The van der Waals surface area contributed by atoms with Crippen molar-refractivity contribution in [2.24, 2.45) is 0 Å². The molecule has 2 unspecified atom stereocenters. The van der Waals surface area contributed by atoms with Gasteiger partial charge in [0.05, 0.1) is 5.69 Å². The number of aromatic nitrogens is 4. The third-order valence-electron chi connectivity index (χ3n) is 4.38. The molecule has 0 bridgehead atoms. The van der Waals surface area contributed by atoms with Crippen molar-refractivity contribution >= 4 is 35.1 Å². The number of nitrogens with one attached hydrogen (secondary N) is 1. The number of imidazole rings is 1. The Morgan fingerprint density at radius 3 is 2.95 bits per heavy atom. The van der Waals surface area contributed by atoms with Crippen LogP contribution < -0.4 is 0 Å². The van der Waals surface area contributed by atoms with Gasteiger partial charge < -0.3 is 4.98 Å². The number of hydrogen-bond donors (Lipinski definition) is 1. The predicted molar refractivity (Wildman–Crippen MR) is 88.1 cm³/mol. The first kappa shape index (κ1) is 14.2. The summed E-state index contributed by atoms with van der Waals surface area (Å²) in [7, 11) is 0. The van der Waals surface area contributed by atoms with E-state index in [2.05, 4.69) is 39.4 Å². The van der Waals surface area contributed by atoms with E-state index in [-0.39, 0.29) is 0 Å². The van der Waals surface area contributed by atoms with Crippen LogP contribution in [0.1, 0.15) is 44.3 Å². The van der Waals surface area contributed by atoms with E-state index < -0.39 is 0 Å². The van der Waals surface area contributed by atoms with Crippen LogP contribution in [-0.4, -0.2) is 30.8 Å². The van der Waals surface area contributed by atoms with Crippen molar-refractivity contribution in [3.05, 3.63) is 10.5 Å². The molecule has 6 heteroatoms. The summed E-state index contributed by atoms with van der Waals surface area (Å²) in [5, 5.41) is 5.38. The monoisotopic (exact) mass is 310 g/mol. The van der Waals surface area contributed by atoms with E-state index in [0.717, 1.165) is 27.8 Å². The zero-order chi connectivity index (χ0) is 14.3. The minimum atomic E-state index is 0.517. The SMILES string of the molecule is CCn1nc(C)c2[nH]c(=S)n(C3CCCC(SC)C3)c21. The first-order valence-electron chi connectivity index (χ1n) is 7.36. The van der Waals surface area contributed by atoms with Crippen LogP contribution in [0.5, 0.6) is 0 Å². The Labute approximate surface area is 128 Å². The molecule has 1 aliphatic carbocycles. The van der Waals surface area contributed by atoms with Crippen LogP contribution in [0.25, 0.3) is 11.2 Å². The highest BCUT2D eigenvalue weighted by atomic mass is 32.2. The van der Waals surface area contributed by atoms with Gasteiger partial charge in [0.2, 0.25) is 0 Å². The molecule has 1 N–H and O–H groups in total. The molecule has 110 valence electrons. The normalized spacial score (nSPS) is 23.6. The maximum absolute atomic E-state index is 5.59. The van der Waals surface area contributed by atoms with Crippen LogP contribution in [-0.2, 0) is 6.54 Å². The fraction of sp³-hybridized carbons (Fsp3) is 0.714. The van der Waals surface area contributed by atoms with Gasteiger partial charge in [0.25, 0.3) is 0 Å². The molecule has 0 amide bonds. The van der Waals surface area contributed by atoms with Gasteiger partial charge in [-0.1, -0.05) is 6.42 Å². The molecular formula is C14H22N4S2. The number of H-pyrrole nitrogens is 1. The third-order valence-corrected chi connectivity index (χ3v) is 5.77. The minimum absolute atomic E-state index is 0.517. The molecule has 20 heavy (non-hydrogen) atoms. The molecule has 0 saturated heterocycles. The number of rotatable bonds is 3. The van der Waals surface area contributed by atoms with E-state index in [9.17, 15) is 0 Å². The van der Waals surface area contributed by atoms with Gasteiger partial charge in [0.15, 0.2) is 10.4 Å². The van der Waals surface area contributed by atoms with Crippen LogP contribution in [0, 0.1) is 11.7 Å². The van der Waals surface area contributed by atoms with Crippen LogP contribution in [0.15, 0.2) is 0 Å². The summed E-state index contributed by atoms with van der Waals surface area (Å²) in [6, 6.07) is 0.517. The Morgan fingerprint density at radius 1 is 1.45 bits per heavy atom. The predicted octanol–water partition coefficient (Wildman–Crippen LogP) is 4.07. The number of nitrogens with zero attached hydrogens (tertiary/aromatic N) is 3. The van der Waals surface area contributed by atoms with Crippen LogP contribution in [0.4, 0.5) is 0 Å². The van der Waals surface area contributed by atoms with Crippen LogP contribution in [0.2, 0.25) is 0 Å². The highest BCUT2D eigenvalue weighted by Crippen LogP contribution is 2.36. The molecule has 0 radical (unpaired) electrons. The van der Waals surface area contributed by atoms with Crippen molar-refractivity contribution in [1.29, 1.82) is 0 Å². The van der Waals surface area contributed by atoms with E-state index in [1.165, 1.54) is 31.3 Å². The third kappa shape index (κ3) is 2.22. The van der Waals surface area contributed by atoms with E-state index in [1.807, 2.05) is 11.8 Å². The summed E-state index contributed by atoms with van der Waals surface area (Å²) in [5.41, 5.74) is 3.34. The molecule has 1 aliphatic rings. The average Bonchev–Trinajstić information content (AvgIpc) is 2.95. The summed E-state index contributed by atoms with van der Waals surface area (Å²) in [6.45, 7) is 5.07. The van der Waals surface area contributed by atoms with Crippen molar-refractivity contribution in [2.45, 2.75) is 57.4 Å². The van der Waals surface area contributed by atoms with Gasteiger partial charge in [-0.2, -0.15) is 16.9 Å². The van der Waals surface area contributed by atoms with Crippen molar-refractivity contribution in [3.63, 3.8) is 0 Å². The smallest absolute Gasteiger partial charge is 0.179 e. The maximum atomic E-state index is 5.59. The molecule has 1 saturated carbocycles. The van der Waals surface area contributed by atoms with E-state index >= 15 is 0 Å². The molecule has 2 heterocycles. The van der Waals surface area contributed by atoms with Crippen molar-refractivity contribution in [1.82, 2.24) is 19.3 Å². The standard InChI is InChI=1S/C14H22N4S2/c1-4-17-13-12(9(2)16-17)15-14(19)18(13)10-6-5-7-11(8-10)20-3/h10-11H,4-8H2,1-3H3,(H,15,19). The van der Waals surface area contributed by atoms with Gasteiger partial charge in [-0.15, -0.1) is 0 Å². The molecular weight excluding hydrogens is 288 g/mol. The van der Waals surface area contributed by atoms with Crippen LogP contribution >= 0.6 is 24.0 Å². The fourth-order valence-electron chi connectivity index (χ4n) is 3.35. The largest absolute Gasteiger partial charge is 0.328 e. The first-order valence-corrected chi connectivity index (χ1v) is 9.05. The lowest BCUT2D eigenvalue weighted by Gasteiger charge is -2.29. The summed E-state index contributed by atoms with van der Waals surface area (Å²) in [6.07, 6.45) is 7.30. The lowest BCUT2D eigenvalue weighted by atomic mass is 9.95. The van der Waals surface area contributed by atoms with Gasteiger partial charge in [0.1, 0.15) is 5.52 Å². The van der Waals surface area contributed by atoms with Gasteiger partial charge in [-0.05, 0) is 51.6 Å². The number of aryl methyl sites for hydroxylation is 2. The number of hydrogen-bond acceptors (Lipinski definition) is 3. The lowest BCUT2D eigenvalue weighted by molar-refractivity contribution is 0.360. The van der Waals surface area contributed by atoms with E-state index in [1.54, 1.807) is 0 Å². The van der Waals surface area contributed by atoms with Gasteiger partial charge in [0, 0.05) is 17.8 Å². The molecule has 0 spiro atoms. The minimum Gasteiger partial charge on any atom is -0.328 e. The van der Waals surface area contributed by atoms with Gasteiger partial charge in [-0.3, -0.25) is 4.57 Å². The Hall–Kier alpha value is -0.750. The molecule has 0 aliphatic heterocycles. The van der Waals surface area contributed by atoms with Crippen molar-refractivity contribution in [2.75, 3.05) is 6.26 Å². The lowest BCUT2D eigenvalue weighted by Crippen LogP contribution is -2.21. The van der Waals surface area contributed by atoms with Crippen molar-refractivity contribution in [3.8, 4) is 0 Å². The highest BCUT2D eigenvalue weighted by Gasteiger charge is 2.26. The molecule has 2 aromatic rings. The molecule has 1 fully saturated rings. The first-order chi connectivity index (χ1) is 9.65. The number of thioether (sulfide) groups is 1. The molecule has 3 rings (SSSR count). The zero-order valence-electron chi connectivity index (χ0n) is 12.3. The zero-order valence-corrected chi connectivity index (χ0v) is 14.0. The number of aromatic amines is 1. The summed E-state index contributed by atoms with van der Waals surface area (Å²) >= 11 is 7.58. The topological polar surface area (TPSA) is 38.5 Å². The van der Waals surface area contributed by atoms with E-state index in [0.29, 0.717) is 6.04 Å². The second-order valence-electron chi connectivity index (χ2n) is 5.58. The Bertz CT molecular complexity index is 667. The second-order valence-corrected chi connectivity index (χ2v) is 7.10. The Balaban J connectivity index is 2.10.